The molecule has 30 heavy (non-hydrogen) atoms. The largest absolute Gasteiger partial charge is 0.493 e. The number of hydrogen-bond acceptors (Lipinski definition) is 4. The highest BCUT2D eigenvalue weighted by Gasteiger charge is 2.06. The van der Waals surface area contributed by atoms with Gasteiger partial charge in [0.25, 0.3) is 0 Å². The minimum Gasteiger partial charge on any atom is -0.493 e. The maximum atomic E-state index is 12.0. The summed E-state index contributed by atoms with van der Waals surface area (Å²) < 4.78 is 12.3. The number of hydrazone groups is 1. The van der Waals surface area contributed by atoms with Gasteiger partial charge < -0.3 is 9.47 Å². The van der Waals surface area contributed by atoms with E-state index in [4.69, 9.17) is 9.47 Å². The van der Waals surface area contributed by atoms with Crippen LogP contribution in [0, 0.1) is 6.92 Å². The minimum absolute atomic E-state index is 0.182. The molecule has 154 valence electrons. The SMILES string of the molecule is COc1cc(/C=N/NC(=O)Cc2ccc(Br)cc2)ccc1OCc1ccc(C)cc1. The zero-order valence-corrected chi connectivity index (χ0v) is 18.5. The Kier molecular flexibility index (Phi) is 7.63. The van der Waals surface area contributed by atoms with E-state index >= 15 is 0 Å². The standard InChI is InChI=1S/C24H23BrN2O3/c1-17-3-5-19(6-4-17)16-30-22-12-9-20(13-23(22)29-2)15-26-27-24(28)14-18-7-10-21(25)11-8-18/h3-13,15H,14,16H2,1-2H3,(H,27,28)/b26-15+. The van der Waals surface area contributed by atoms with Crippen molar-refractivity contribution in [3.05, 3.63) is 93.5 Å². The van der Waals surface area contributed by atoms with Crippen LogP contribution in [0.1, 0.15) is 22.3 Å². The summed E-state index contributed by atoms with van der Waals surface area (Å²) in [6, 6.07) is 21.3. The zero-order valence-electron chi connectivity index (χ0n) is 16.9. The minimum atomic E-state index is -0.182. The number of nitrogens with zero attached hydrogens (tertiary/aromatic N) is 1. The van der Waals surface area contributed by atoms with Crippen molar-refractivity contribution in [2.45, 2.75) is 20.0 Å². The Morgan fingerprint density at radius 2 is 1.70 bits per heavy atom. The average Bonchev–Trinajstić information content (AvgIpc) is 2.75. The number of carbonyl (C=O) groups excluding carboxylic acids is 1. The highest BCUT2D eigenvalue weighted by molar-refractivity contribution is 9.10. The van der Waals surface area contributed by atoms with Crippen LogP contribution in [0.2, 0.25) is 0 Å². The molecule has 0 atom stereocenters. The lowest BCUT2D eigenvalue weighted by atomic mass is 10.1. The van der Waals surface area contributed by atoms with Gasteiger partial charge in [-0.15, -0.1) is 0 Å². The number of ether oxygens (including phenoxy) is 2. The molecule has 6 heteroatoms. The molecular weight excluding hydrogens is 444 g/mol. The first-order chi connectivity index (χ1) is 14.5. The number of methoxy groups -OCH3 is 1. The van der Waals surface area contributed by atoms with Gasteiger partial charge in [0.1, 0.15) is 6.61 Å². The molecule has 0 aliphatic carbocycles. The molecule has 0 bridgehead atoms. The summed E-state index contributed by atoms with van der Waals surface area (Å²) in [4.78, 5) is 12.0. The first-order valence-electron chi connectivity index (χ1n) is 9.46. The number of hydrogen-bond donors (Lipinski definition) is 1. The Labute approximate surface area is 184 Å². The van der Waals surface area contributed by atoms with Crippen LogP contribution in [0.4, 0.5) is 0 Å². The molecule has 1 amide bonds. The predicted molar refractivity (Wildman–Crippen MR) is 122 cm³/mol. The summed E-state index contributed by atoms with van der Waals surface area (Å²) >= 11 is 3.38. The summed E-state index contributed by atoms with van der Waals surface area (Å²) in [7, 11) is 1.59. The first kappa shape index (κ1) is 21.6. The Hall–Kier alpha value is -3.12. The molecule has 0 heterocycles. The second-order valence-electron chi connectivity index (χ2n) is 6.78. The predicted octanol–water partition coefficient (Wildman–Crippen LogP) is 5.04. The molecule has 0 unspecified atom stereocenters. The van der Waals surface area contributed by atoms with Crippen molar-refractivity contribution >= 4 is 28.1 Å². The van der Waals surface area contributed by atoms with Gasteiger partial charge in [0, 0.05) is 4.47 Å². The second-order valence-corrected chi connectivity index (χ2v) is 7.70. The lowest BCUT2D eigenvalue weighted by Crippen LogP contribution is -2.19. The van der Waals surface area contributed by atoms with Crippen LogP contribution in [0.5, 0.6) is 11.5 Å². The summed E-state index contributed by atoms with van der Waals surface area (Å²) in [5.41, 5.74) is 6.55. The molecule has 3 rings (SSSR count). The molecule has 0 radical (unpaired) electrons. The van der Waals surface area contributed by atoms with Crippen LogP contribution in [-0.4, -0.2) is 19.2 Å². The van der Waals surface area contributed by atoms with Crippen molar-refractivity contribution in [3.8, 4) is 11.5 Å². The van der Waals surface area contributed by atoms with Gasteiger partial charge in [-0.25, -0.2) is 5.43 Å². The number of halogens is 1. The molecular formula is C24H23BrN2O3. The fraction of sp³-hybridized carbons (Fsp3) is 0.167. The summed E-state index contributed by atoms with van der Waals surface area (Å²) in [5, 5.41) is 4.03. The average molecular weight is 467 g/mol. The number of benzene rings is 3. The second kappa shape index (κ2) is 10.6. The van der Waals surface area contributed by atoms with Crippen molar-refractivity contribution < 1.29 is 14.3 Å². The monoisotopic (exact) mass is 466 g/mol. The van der Waals surface area contributed by atoms with Crippen molar-refractivity contribution in [1.29, 1.82) is 0 Å². The molecule has 1 N–H and O–H groups in total. The van der Waals surface area contributed by atoms with Crippen molar-refractivity contribution in [2.24, 2.45) is 5.10 Å². The fourth-order valence-electron chi connectivity index (χ4n) is 2.74. The van der Waals surface area contributed by atoms with Crippen LogP contribution in [0.25, 0.3) is 0 Å². The number of nitrogens with one attached hydrogen (secondary N) is 1. The maximum absolute atomic E-state index is 12.0. The van der Waals surface area contributed by atoms with Gasteiger partial charge in [0.15, 0.2) is 11.5 Å². The fourth-order valence-corrected chi connectivity index (χ4v) is 3.00. The summed E-state index contributed by atoms with van der Waals surface area (Å²) in [5.74, 6) is 1.07. The van der Waals surface area contributed by atoms with Gasteiger partial charge in [0.2, 0.25) is 5.91 Å². The molecule has 0 spiro atoms. The Balaban J connectivity index is 1.56. The van der Waals surface area contributed by atoms with Crippen LogP contribution in [-0.2, 0) is 17.8 Å². The van der Waals surface area contributed by atoms with Crippen molar-refractivity contribution in [1.82, 2.24) is 5.43 Å². The maximum Gasteiger partial charge on any atom is 0.244 e. The van der Waals surface area contributed by atoms with E-state index in [2.05, 4.69) is 45.5 Å². The van der Waals surface area contributed by atoms with Crippen LogP contribution in [0.15, 0.2) is 76.3 Å². The Morgan fingerprint density at radius 3 is 2.40 bits per heavy atom. The lowest BCUT2D eigenvalue weighted by molar-refractivity contribution is -0.120. The Morgan fingerprint density at radius 1 is 1.00 bits per heavy atom. The molecule has 0 saturated heterocycles. The van der Waals surface area contributed by atoms with Gasteiger partial charge in [-0.1, -0.05) is 57.9 Å². The topological polar surface area (TPSA) is 59.9 Å². The number of rotatable bonds is 8. The third kappa shape index (κ3) is 6.46. The normalized spacial score (nSPS) is 10.8. The summed E-state index contributed by atoms with van der Waals surface area (Å²) in [6.45, 7) is 2.51. The highest BCUT2D eigenvalue weighted by Crippen LogP contribution is 2.28. The number of aryl methyl sites for hydroxylation is 1. The van der Waals surface area contributed by atoms with E-state index in [-0.39, 0.29) is 12.3 Å². The highest BCUT2D eigenvalue weighted by atomic mass is 79.9. The summed E-state index contributed by atoms with van der Waals surface area (Å²) in [6.07, 6.45) is 1.84. The third-order valence-corrected chi connectivity index (χ3v) is 4.91. The van der Waals surface area contributed by atoms with E-state index < -0.39 is 0 Å². The lowest BCUT2D eigenvalue weighted by Gasteiger charge is -2.11. The molecule has 5 nitrogen and oxygen atoms in total. The van der Waals surface area contributed by atoms with Gasteiger partial charge >= 0.3 is 0 Å². The molecule has 0 aromatic heterocycles. The van der Waals surface area contributed by atoms with Crippen LogP contribution < -0.4 is 14.9 Å². The van der Waals surface area contributed by atoms with Crippen LogP contribution in [0.3, 0.4) is 0 Å². The smallest absolute Gasteiger partial charge is 0.244 e. The van der Waals surface area contributed by atoms with Gasteiger partial charge in [-0.2, -0.15) is 5.10 Å². The van der Waals surface area contributed by atoms with E-state index in [1.807, 2.05) is 54.6 Å². The van der Waals surface area contributed by atoms with Crippen molar-refractivity contribution in [2.75, 3.05) is 7.11 Å². The van der Waals surface area contributed by atoms with E-state index in [0.29, 0.717) is 18.1 Å². The molecule has 0 aliphatic rings. The molecule has 3 aromatic carbocycles. The van der Waals surface area contributed by atoms with Gasteiger partial charge in [-0.3, -0.25) is 4.79 Å². The van der Waals surface area contributed by atoms with Crippen LogP contribution >= 0.6 is 15.9 Å². The molecule has 0 aliphatic heterocycles. The molecule has 3 aromatic rings. The number of amides is 1. The zero-order chi connectivity index (χ0) is 21.3. The molecule has 0 fully saturated rings. The van der Waals surface area contributed by atoms with E-state index in [1.165, 1.54) is 5.56 Å². The van der Waals surface area contributed by atoms with E-state index in [1.54, 1.807) is 13.3 Å². The van der Waals surface area contributed by atoms with Gasteiger partial charge in [0.05, 0.1) is 19.7 Å². The number of carbonyl (C=O) groups is 1. The Bertz CT molecular complexity index is 1020. The first-order valence-corrected chi connectivity index (χ1v) is 10.3. The van der Waals surface area contributed by atoms with Gasteiger partial charge in [-0.05, 0) is 53.9 Å². The van der Waals surface area contributed by atoms with Crippen molar-refractivity contribution in [3.63, 3.8) is 0 Å². The molecule has 0 saturated carbocycles. The van der Waals surface area contributed by atoms with E-state index in [0.717, 1.165) is 21.2 Å². The van der Waals surface area contributed by atoms with E-state index in [9.17, 15) is 4.79 Å². The third-order valence-electron chi connectivity index (χ3n) is 4.38. The quantitative estimate of drug-likeness (QED) is 0.373.